The highest BCUT2D eigenvalue weighted by Crippen LogP contribution is 2.36. The molecule has 0 radical (unpaired) electrons. The number of hydrogen-bond donors (Lipinski definition) is 1. The number of nitrogens with zero attached hydrogens (tertiary/aromatic N) is 4. The van der Waals surface area contributed by atoms with E-state index in [1.165, 1.54) is 7.11 Å². The number of nitriles is 1. The lowest BCUT2D eigenvalue weighted by molar-refractivity contribution is 0.0127. The van der Waals surface area contributed by atoms with Gasteiger partial charge in [-0.2, -0.15) is 5.26 Å². The maximum Gasteiger partial charge on any atom is 0.410 e. The fourth-order valence-corrected chi connectivity index (χ4v) is 6.52. The van der Waals surface area contributed by atoms with Crippen molar-refractivity contribution >= 4 is 39.6 Å². The number of likely N-dealkylation sites (tertiary alicyclic amines) is 1. The summed E-state index contributed by atoms with van der Waals surface area (Å²) in [6, 6.07) is 25.7. The molecule has 4 aromatic carbocycles. The highest BCUT2D eigenvalue weighted by atomic mass is 16.6. The number of rotatable bonds is 9. The minimum atomic E-state index is -0.554. The molecule has 1 aliphatic rings. The number of carbonyl (C=O) groups is 2. The van der Waals surface area contributed by atoms with Crippen molar-refractivity contribution < 1.29 is 23.8 Å². The van der Waals surface area contributed by atoms with Gasteiger partial charge in [0.2, 0.25) is 0 Å². The van der Waals surface area contributed by atoms with Crippen molar-refractivity contribution in [1.82, 2.24) is 14.5 Å². The number of hydrogen-bond acceptors (Lipinski definition) is 8. The summed E-state index contributed by atoms with van der Waals surface area (Å²) in [7, 11) is 1.37. The van der Waals surface area contributed by atoms with Gasteiger partial charge in [-0.15, -0.1) is 0 Å². The summed E-state index contributed by atoms with van der Waals surface area (Å²) in [5.74, 6) is 1.42. The molecule has 1 amide bonds. The maximum absolute atomic E-state index is 12.7. The Labute approximate surface area is 298 Å². The molecule has 0 saturated carbocycles. The van der Waals surface area contributed by atoms with Crippen LogP contribution in [0.2, 0.25) is 0 Å². The second-order valence-corrected chi connectivity index (χ2v) is 14.3. The number of piperidine rings is 1. The van der Waals surface area contributed by atoms with Crippen LogP contribution < -0.4 is 10.1 Å². The quantitative estimate of drug-likeness (QED) is 0.154. The van der Waals surface area contributed by atoms with E-state index in [1.54, 1.807) is 17.0 Å². The van der Waals surface area contributed by atoms with Gasteiger partial charge in [0.25, 0.3) is 0 Å². The number of carbonyl (C=O) groups excluding carboxylic acids is 2. The van der Waals surface area contributed by atoms with Gasteiger partial charge >= 0.3 is 12.1 Å². The number of esters is 1. The number of ether oxygens (including phenoxy) is 3. The molecule has 51 heavy (non-hydrogen) atoms. The van der Waals surface area contributed by atoms with Gasteiger partial charge in [0.15, 0.2) is 0 Å². The van der Waals surface area contributed by atoms with Crippen molar-refractivity contribution in [2.75, 3.05) is 25.5 Å². The molecule has 5 aromatic rings. The first kappa shape index (κ1) is 35.3. The highest BCUT2D eigenvalue weighted by molar-refractivity contribution is 5.91. The Morgan fingerprint density at radius 3 is 2.35 bits per heavy atom. The van der Waals surface area contributed by atoms with Crippen molar-refractivity contribution in [3.63, 3.8) is 0 Å². The maximum atomic E-state index is 12.7. The van der Waals surface area contributed by atoms with Crippen LogP contribution in [0.25, 0.3) is 21.8 Å². The Morgan fingerprint density at radius 1 is 1.00 bits per heavy atom. The van der Waals surface area contributed by atoms with Crippen LogP contribution in [0, 0.1) is 11.3 Å². The lowest BCUT2D eigenvalue weighted by Gasteiger charge is -2.33. The summed E-state index contributed by atoms with van der Waals surface area (Å²) in [4.78, 5) is 31.6. The van der Waals surface area contributed by atoms with Crippen LogP contribution >= 0.6 is 0 Å². The Hall–Kier alpha value is -5.56. The molecule has 1 aromatic heterocycles. The molecular formula is C41H45N5O5. The van der Waals surface area contributed by atoms with E-state index < -0.39 is 5.60 Å². The van der Waals surface area contributed by atoms with Crippen molar-refractivity contribution in [1.29, 1.82) is 5.26 Å². The SMILES string of the molecule is COC(=O)c1ccc(CNc2cc3nc(C(C)C)n(Cc4ccc(C#N)c5ccccc45)c3cc2OC2CCN(C(=O)OC(C)(C)C)CC2)cc1. The number of imidazole rings is 1. The van der Waals surface area contributed by atoms with E-state index >= 15 is 0 Å². The van der Waals surface area contributed by atoms with E-state index in [2.05, 4.69) is 41.9 Å². The standard InChI is InChI=1S/C41H45N5O5/c1-26(2)38-44-34-21-35(43-24-27-11-13-28(14-12-27)39(47)49-6)37(50-31-17-19-45(20-18-31)40(48)51-41(3,4)5)22-36(34)46(38)25-30-16-15-29(23-42)32-9-7-8-10-33(30)32/h7-16,21-22,26,31,43H,17-20,24-25H2,1-6H3. The summed E-state index contributed by atoms with van der Waals surface area (Å²) in [6.45, 7) is 12.0. The molecule has 10 nitrogen and oxygen atoms in total. The van der Waals surface area contributed by atoms with E-state index in [1.807, 2.05) is 69.3 Å². The van der Waals surface area contributed by atoms with Crippen LogP contribution in [-0.2, 0) is 22.6 Å². The molecule has 2 heterocycles. The number of aromatic nitrogens is 2. The van der Waals surface area contributed by atoms with Crippen molar-refractivity contribution in [3.8, 4) is 11.8 Å². The van der Waals surface area contributed by atoms with E-state index in [0.717, 1.165) is 44.4 Å². The second kappa shape index (κ2) is 14.7. The highest BCUT2D eigenvalue weighted by Gasteiger charge is 2.29. The Morgan fingerprint density at radius 2 is 1.71 bits per heavy atom. The smallest absolute Gasteiger partial charge is 0.410 e. The summed E-state index contributed by atoms with van der Waals surface area (Å²) >= 11 is 0. The van der Waals surface area contributed by atoms with Gasteiger partial charge in [0.05, 0.1) is 41.0 Å². The zero-order valence-electron chi connectivity index (χ0n) is 30.2. The van der Waals surface area contributed by atoms with Crippen molar-refractivity contribution in [3.05, 3.63) is 101 Å². The number of benzene rings is 4. The Kier molecular flexibility index (Phi) is 10.2. The van der Waals surface area contributed by atoms with E-state index in [4.69, 9.17) is 19.2 Å². The monoisotopic (exact) mass is 687 g/mol. The molecule has 1 saturated heterocycles. The van der Waals surface area contributed by atoms with Crippen molar-refractivity contribution in [2.24, 2.45) is 0 Å². The third kappa shape index (κ3) is 7.93. The second-order valence-electron chi connectivity index (χ2n) is 14.3. The molecule has 1 N–H and O–H groups in total. The van der Waals surface area contributed by atoms with Crippen LogP contribution in [0.4, 0.5) is 10.5 Å². The van der Waals surface area contributed by atoms with Crippen LogP contribution in [0.3, 0.4) is 0 Å². The predicted molar refractivity (Wildman–Crippen MR) is 198 cm³/mol. The molecule has 0 bridgehead atoms. The first-order chi connectivity index (χ1) is 24.4. The van der Waals surface area contributed by atoms with Crippen LogP contribution in [0.5, 0.6) is 5.75 Å². The van der Waals surface area contributed by atoms with Gasteiger partial charge in [-0.3, -0.25) is 0 Å². The number of methoxy groups -OCH3 is 1. The normalized spacial score (nSPS) is 13.7. The molecule has 1 aliphatic heterocycles. The number of anilines is 1. The molecule has 1 fully saturated rings. The molecule has 0 aliphatic carbocycles. The molecule has 6 rings (SSSR count). The lowest BCUT2D eigenvalue weighted by Crippen LogP contribution is -2.44. The third-order valence-electron chi connectivity index (χ3n) is 9.10. The average Bonchev–Trinajstić information content (AvgIpc) is 3.47. The summed E-state index contributed by atoms with van der Waals surface area (Å²) in [5.41, 5.74) is 5.26. The molecular weight excluding hydrogens is 642 g/mol. The number of amides is 1. The van der Waals surface area contributed by atoms with Crippen molar-refractivity contribution in [2.45, 2.75) is 78.2 Å². The molecule has 0 spiro atoms. The fraction of sp³-hybridized carbons (Fsp3) is 0.366. The van der Waals surface area contributed by atoms with E-state index in [9.17, 15) is 14.9 Å². The summed E-state index contributed by atoms with van der Waals surface area (Å²) in [5, 5.41) is 15.3. The van der Waals surface area contributed by atoms with E-state index in [0.29, 0.717) is 55.9 Å². The summed E-state index contributed by atoms with van der Waals surface area (Å²) < 4.78 is 19.5. The molecule has 264 valence electrons. The molecule has 0 atom stereocenters. The first-order valence-electron chi connectivity index (χ1n) is 17.4. The Balaban J connectivity index is 1.34. The van der Waals surface area contributed by atoms with Crippen LogP contribution in [0.15, 0.2) is 72.8 Å². The average molecular weight is 688 g/mol. The van der Waals surface area contributed by atoms with E-state index in [-0.39, 0.29) is 24.1 Å². The topological polar surface area (TPSA) is 119 Å². The summed E-state index contributed by atoms with van der Waals surface area (Å²) in [6.07, 6.45) is 0.923. The lowest BCUT2D eigenvalue weighted by atomic mass is 10.00. The van der Waals surface area contributed by atoms with Gasteiger partial charge < -0.3 is 29.0 Å². The van der Waals surface area contributed by atoms with Crippen LogP contribution in [0.1, 0.15) is 86.3 Å². The van der Waals surface area contributed by atoms with Gasteiger partial charge in [-0.05, 0) is 66.9 Å². The molecule has 0 unspecified atom stereocenters. The van der Waals surface area contributed by atoms with Gasteiger partial charge in [-0.1, -0.05) is 56.3 Å². The zero-order chi connectivity index (χ0) is 36.3. The van der Waals surface area contributed by atoms with Gasteiger partial charge in [-0.25, -0.2) is 14.6 Å². The largest absolute Gasteiger partial charge is 0.488 e. The first-order valence-corrected chi connectivity index (χ1v) is 17.4. The predicted octanol–water partition coefficient (Wildman–Crippen LogP) is 8.41. The van der Waals surface area contributed by atoms with Gasteiger partial charge in [0.1, 0.15) is 23.3 Å². The number of nitrogens with one attached hydrogen (secondary N) is 1. The van der Waals surface area contributed by atoms with Gasteiger partial charge in [0, 0.05) is 51.0 Å². The minimum absolute atomic E-state index is 0.107. The zero-order valence-corrected chi connectivity index (χ0v) is 30.2. The molecule has 10 heteroatoms. The minimum Gasteiger partial charge on any atom is -0.488 e. The van der Waals surface area contributed by atoms with Crippen LogP contribution in [-0.4, -0.2) is 58.4 Å². The third-order valence-corrected chi connectivity index (χ3v) is 9.10. The number of fused-ring (bicyclic) bond motifs is 2. The Bertz CT molecular complexity index is 2100. The fourth-order valence-electron chi connectivity index (χ4n) is 6.52.